The van der Waals surface area contributed by atoms with E-state index in [0.29, 0.717) is 12.0 Å². The maximum absolute atomic E-state index is 13.0. The molecule has 2 amide bonds. The van der Waals surface area contributed by atoms with Gasteiger partial charge in [0.25, 0.3) is 0 Å². The average Bonchev–Trinajstić information content (AvgIpc) is 3.26. The first-order valence-corrected chi connectivity index (χ1v) is 12.6. The van der Waals surface area contributed by atoms with Gasteiger partial charge in [-0.3, -0.25) is 4.90 Å². The van der Waals surface area contributed by atoms with E-state index in [2.05, 4.69) is 60.2 Å². The fraction of sp³-hybridized carbons (Fsp3) is 0.667. The van der Waals surface area contributed by atoms with Crippen molar-refractivity contribution in [3.63, 3.8) is 0 Å². The first-order chi connectivity index (χ1) is 15.6. The van der Waals surface area contributed by atoms with Crippen molar-refractivity contribution in [2.75, 3.05) is 26.2 Å². The van der Waals surface area contributed by atoms with Crippen molar-refractivity contribution in [1.29, 1.82) is 0 Å². The minimum absolute atomic E-state index is 0.0979. The van der Waals surface area contributed by atoms with Crippen molar-refractivity contribution in [2.45, 2.75) is 82.8 Å². The molecule has 0 spiro atoms. The van der Waals surface area contributed by atoms with Gasteiger partial charge in [0.1, 0.15) is 0 Å². The molecule has 3 aliphatic rings. The molecule has 0 radical (unpaired) electrons. The summed E-state index contributed by atoms with van der Waals surface area (Å²) in [5.74, 6) is 7.35. The van der Waals surface area contributed by atoms with Gasteiger partial charge in [0.2, 0.25) is 0 Å². The van der Waals surface area contributed by atoms with Crippen LogP contribution in [0.25, 0.3) is 0 Å². The highest BCUT2D eigenvalue weighted by molar-refractivity contribution is 5.74. The number of aliphatic hydroxyl groups excluding tert-OH is 1. The Labute approximate surface area is 193 Å². The normalized spacial score (nSPS) is 26.5. The topological polar surface area (TPSA) is 55.8 Å². The maximum atomic E-state index is 13.0. The molecule has 5 nitrogen and oxygen atoms in total. The van der Waals surface area contributed by atoms with Gasteiger partial charge < -0.3 is 15.3 Å². The molecule has 4 rings (SSSR count). The third kappa shape index (κ3) is 5.30. The van der Waals surface area contributed by atoms with Crippen molar-refractivity contribution in [3.8, 4) is 11.8 Å². The zero-order valence-electron chi connectivity index (χ0n) is 19.7. The highest BCUT2D eigenvalue weighted by Gasteiger charge is 2.49. The number of carbonyl (C=O) groups excluding carboxylic acids is 1. The van der Waals surface area contributed by atoms with E-state index in [0.717, 1.165) is 57.3 Å². The average molecular weight is 438 g/mol. The molecule has 0 unspecified atom stereocenters. The Morgan fingerprint density at radius 1 is 1.12 bits per heavy atom. The van der Waals surface area contributed by atoms with Crippen LogP contribution in [0, 0.1) is 17.8 Å². The van der Waals surface area contributed by atoms with Crippen molar-refractivity contribution in [1.82, 2.24) is 15.1 Å². The van der Waals surface area contributed by atoms with Crippen LogP contribution in [0.5, 0.6) is 0 Å². The Hall–Kier alpha value is -2.03. The number of hydrogen-bond acceptors (Lipinski definition) is 3. The van der Waals surface area contributed by atoms with Gasteiger partial charge in [-0.05, 0) is 55.8 Å². The van der Waals surface area contributed by atoms with Crippen molar-refractivity contribution in [2.24, 2.45) is 5.92 Å². The van der Waals surface area contributed by atoms with Gasteiger partial charge in [0.15, 0.2) is 0 Å². The Kier molecular flexibility index (Phi) is 7.75. The molecule has 1 aliphatic carbocycles. The number of nitrogens with one attached hydrogen (secondary N) is 1. The summed E-state index contributed by atoms with van der Waals surface area (Å²) in [7, 11) is 0. The zero-order chi connectivity index (χ0) is 22.5. The Balaban J connectivity index is 1.46. The van der Waals surface area contributed by atoms with E-state index >= 15 is 0 Å². The quantitative estimate of drug-likeness (QED) is 0.701. The Morgan fingerprint density at radius 3 is 2.53 bits per heavy atom. The molecular formula is C27H39N3O2. The van der Waals surface area contributed by atoms with Crippen LogP contribution in [0.1, 0.15) is 75.8 Å². The largest absolute Gasteiger partial charge is 0.395 e. The molecule has 3 atom stereocenters. The summed E-state index contributed by atoms with van der Waals surface area (Å²) in [6.45, 7) is 7.08. The SMILES string of the molecule is CC(C)CC#Cc1ccc([C@@H]2[C@@H](CO)N3CCCCN(C(=O)NC4CCCC4)C[C@H]23)cc1. The van der Waals surface area contributed by atoms with Gasteiger partial charge in [-0.15, -0.1) is 0 Å². The molecule has 1 saturated carbocycles. The van der Waals surface area contributed by atoms with E-state index in [1.165, 1.54) is 18.4 Å². The molecule has 5 heteroatoms. The fourth-order valence-electron chi connectivity index (χ4n) is 5.61. The lowest BCUT2D eigenvalue weighted by Gasteiger charge is -2.57. The lowest BCUT2D eigenvalue weighted by Crippen LogP contribution is -2.68. The lowest BCUT2D eigenvalue weighted by molar-refractivity contribution is -0.0591. The second-order valence-electron chi connectivity index (χ2n) is 10.2. The second kappa shape index (κ2) is 10.7. The molecule has 3 fully saturated rings. The number of aliphatic hydroxyl groups is 1. The van der Waals surface area contributed by atoms with Crippen LogP contribution >= 0.6 is 0 Å². The molecule has 1 aromatic rings. The van der Waals surface area contributed by atoms with Crippen LogP contribution in [0.15, 0.2) is 24.3 Å². The highest BCUT2D eigenvalue weighted by Crippen LogP contribution is 2.42. The zero-order valence-corrected chi connectivity index (χ0v) is 19.7. The van der Waals surface area contributed by atoms with E-state index in [4.69, 9.17) is 0 Å². The smallest absolute Gasteiger partial charge is 0.317 e. The molecule has 0 bridgehead atoms. The first-order valence-electron chi connectivity index (χ1n) is 12.6. The molecule has 32 heavy (non-hydrogen) atoms. The van der Waals surface area contributed by atoms with E-state index in [1.54, 1.807) is 0 Å². The number of carbonyl (C=O) groups is 1. The van der Waals surface area contributed by atoms with E-state index in [1.807, 2.05) is 4.90 Å². The minimum atomic E-state index is 0.0979. The first kappa shape index (κ1) is 23.1. The minimum Gasteiger partial charge on any atom is -0.395 e. The van der Waals surface area contributed by atoms with Crippen molar-refractivity contribution in [3.05, 3.63) is 35.4 Å². The third-order valence-electron chi connectivity index (χ3n) is 7.38. The molecule has 1 aromatic carbocycles. The number of rotatable bonds is 4. The predicted octanol–water partition coefficient (Wildman–Crippen LogP) is 3.96. The number of fused-ring (bicyclic) bond motifs is 1. The molecule has 2 saturated heterocycles. The third-order valence-corrected chi connectivity index (χ3v) is 7.38. The molecule has 2 aliphatic heterocycles. The van der Waals surface area contributed by atoms with Gasteiger partial charge >= 0.3 is 6.03 Å². The highest BCUT2D eigenvalue weighted by atomic mass is 16.3. The van der Waals surface area contributed by atoms with E-state index in [-0.39, 0.29) is 30.6 Å². The molecule has 2 N–H and O–H groups in total. The lowest BCUT2D eigenvalue weighted by atomic mass is 9.74. The predicted molar refractivity (Wildman–Crippen MR) is 128 cm³/mol. The van der Waals surface area contributed by atoms with Gasteiger partial charge in [-0.2, -0.15) is 0 Å². The van der Waals surface area contributed by atoms with Gasteiger partial charge in [0.05, 0.1) is 6.61 Å². The monoisotopic (exact) mass is 437 g/mol. The summed E-state index contributed by atoms with van der Waals surface area (Å²) in [4.78, 5) is 17.5. The summed E-state index contributed by atoms with van der Waals surface area (Å²) in [5, 5.41) is 13.4. The molecule has 0 aromatic heterocycles. The van der Waals surface area contributed by atoms with Crippen LogP contribution in [0.3, 0.4) is 0 Å². The summed E-state index contributed by atoms with van der Waals surface area (Å²) >= 11 is 0. The molecule has 2 heterocycles. The summed E-state index contributed by atoms with van der Waals surface area (Å²) < 4.78 is 0. The number of nitrogens with zero attached hydrogens (tertiary/aromatic N) is 2. The van der Waals surface area contributed by atoms with E-state index in [9.17, 15) is 9.90 Å². The number of hydrogen-bond donors (Lipinski definition) is 2. The van der Waals surface area contributed by atoms with Crippen LogP contribution < -0.4 is 5.32 Å². The standard InChI is InChI=1S/C27H39N3O2/c1-20(2)8-7-9-21-12-14-22(15-13-21)26-24-18-29(27(32)28-23-10-3-4-11-23)16-5-6-17-30(24)25(26)19-31/h12-15,20,23-26,31H,3-6,8,10-11,16-19H2,1-2H3,(H,28,32)/t24-,25-,26+/m1/s1. The number of urea groups is 1. The Bertz CT molecular complexity index is 820. The van der Waals surface area contributed by atoms with Crippen LogP contribution in [-0.2, 0) is 0 Å². The second-order valence-corrected chi connectivity index (χ2v) is 10.2. The summed E-state index contributed by atoms with van der Waals surface area (Å²) in [6, 6.07) is 9.39. The van der Waals surface area contributed by atoms with Crippen LogP contribution in [0.2, 0.25) is 0 Å². The van der Waals surface area contributed by atoms with E-state index < -0.39 is 0 Å². The molecule has 174 valence electrons. The van der Waals surface area contributed by atoms with Gasteiger partial charge in [-0.25, -0.2) is 4.79 Å². The number of benzene rings is 1. The van der Waals surface area contributed by atoms with Gasteiger partial charge in [0, 0.05) is 49.1 Å². The van der Waals surface area contributed by atoms with Crippen molar-refractivity contribution < 1.29 is 9.90 Å². The molecular weight excluding hydrogens is 398 g/mol. The summed E-state index contributed by atoms with van der Waals surface area (Å²) in [6.07, 6.45) is 7.66. The van der Waals surface area contributed by atoms with Crippen molar-refractivity contribution >= 4 is 6.03 Å². The summed E-state index contributed by atoms with van der Waals surface area (Å²) in [5.41, 5.74) is 2.29. The Morgan fingerprint density at radius 2 is 1.84 bits per heavy atom. The van der Waals surface area contributed by atoms with Gasteiger partial charge in [-0.1, -0.05) is 50.7 Å². The fourth-order valence-corrected chi connectivity index (χ4v) is 5.61. The van der Waals surface area contributed by atoms with Crippen LogP contribution in [0.4, 0.5) is 4.79 Å². The van der Waals surface area contributed by atoms with Crippen LogP contribution in [-0.4, -0.2) is 65.3 Å². The number of amides is 2. The maximum Gasteiger partial charge on any atom is 0.317 e.